The molecule has 0 unspecified atom stereocenters. The van der Waals surface area contributed by atoms with Gasteiger partial charge in [0.15, 0.2) is 0 Å². The SMILES string of the molecule is c1ccc2c(-c3ccc(-c4ccc(N(c5ccc(-c6ccc7ccc8ccccc8c7c6)cc5)c5ccc(-c6cccc7oc8ccccc8c67)cc5)cc4)cc3)cccc2c1. The van der Waals surface area contributed by atoms with Crippen molar-refractivity contribution in [1.82, 2.24) is 0 Å². The third-order valence-corrected chi connectivity index (χ3v) is 12.5. The second-order valence-electron chi connectivity index (χ2n) is 16.1. The summed E-state index contributed by atoms with van der Waals surface area (Å²) in [4.78, 5) is 2.35. The number of benzene rings is 11. The molecule has 2 heteroatoms. The number of rotatable bonds is 7. The Labute approximate surface area is 360 Å². The average molecular weight is 790 g/mol. The van der Waals surface area contributed by atoms with Gasteiger partial charge >= 0.3 is 0 Å². The molecule has 0 saturated carbocycles. The van der Waals surface area contributed by atoms with Crippen molar-refractivity contribution in [3.05, 3.63) is 237 Å². The van der Waals surface area contributed by atoms with Crippen LogP contribution in [0, 0.1) is 0 Å². The van der Waals surface area contributed by atoms with E-state index in [1.165, 1.54) is 65.7 Å². The van der Waals surface area contributed by atoms with Crippen molar-refractivity contribution in [3.63, 3.8) is 0 Å². The van der Waals surface area contributed by atoms with E-state index in [9.17, 15) is 0 Å². The zero-order valence-corrected chi connectivity index (χ0v) is 33.9. The summed E-state index contributed by atoms with van der Waals surface area (Å²) in [6.45, 7) is 0. The molecule has 12 aromatic rings. The third-order valence-electron chi connectivity index (χ3n) is 12.5. The van der Waals surface area contributed by atoms with E-state index in [1.54, 1.807) is 0 Å². The molecule has 1 aromatic heterocycles. The molecule has 0 amide bonds. The van der Waals surface area contributed by atoms with Gasteiger partial charge in [-0.3, -0.25) is 0 Å². The highest BCUT2D eigenvalue weighted by atomic mass is 16.3. The minimum atomic E-state index is 0.900. The van der Waals surface area contributed by atoms with Crippen molar-refractivity contribution < 1.29 is 4.42 Å². The molecule has 62 heavy (non-hydrogen) atoms. The molecule has 0 aliphatic rings. The lowest BCUT2D eigenvalue weighted by atomic mass is 9.96. The fraction of sp³-hybridized carbons (Fsp3) is 0. The second kappa shape index (κ2) is 14.8. The predicted molar refractivity (Wildman–Crippen MR) is 263 cm³/mol. The van der Waals surface area contributed by atoms with Gasteiger partial charge in [-0.1, -0.05) is 182 Å². The minimum absolute atomic E-state index is 0.900. The highest BCUT2D eigenvalue weighted by Gasteiger charge is 2.17. The van der Waals surface area contributed by atoms with E-state index in [-0.39, 0.29) is 0 Å². The van der Waals surface area contributed by atoms with Gasteiger partial charge in [0.2, 0.25) is 0 Å². The smallest absolute Gasteiger partial charge is 0.136 e. The monoisotopic (exact) mass is 789 g/mol. The van der Waals surface area contributed by atoms with Crippen LogP contribution in [-0.4, -0.2) is 0 Å². The predicted octanol–water partition coefficient (Wildman–Crippen LogP) is 17.2. The van der Waals surface area contributed by atoms with E-state index in [2.05, 4.69) is 229 Å². The van der Waals surface area contributed by atoms with Gasteiger partial charge in [-0.2, -0.15) is 0 Å². The number of fused-ring (bicyclic) bond motifs is 7. The summed E-state index contributed by atoms with van der Waals surface area (Å²) in [6, 6.07) is 85.5. The Balaban J connectivity index is 0.910. The molecule has 0 aliphatic carbocycles. The van der Waals surface area contributed by atoms with Crippen LogP contribution in [0.25, 0.3) is 98.8 Å². The standard InChI is InChI=1S/C60H39NO/c1-3-12-52-43(9-1)11-7-15-53(52)45-21-19-40(20-22-45)41-27-33-49(34-28-41)61(51-37-31-46(32-38-51)55-16-8-18-59-60(55)56-14-5-6-17-58(56)62-59)50-35-29-42(30-36-50)48-26-25-47-24-23-44-10-2-4-13-54(44)57(47)39-48/h1-39H. The summed E-state index contributed by atoms with van der Waals surface area (Å²) in [5, 5.41) is 9.86. The summed E-state index contributed by atoms with van der Waals surface area (Å²) in [7, 11) is 0. The Hall–Kier alpha value is -8.20. The van der Waals surface area contributed by atoms with Crippen LogP contribution in [0.1, 0.15) is 0 Å². The van der Waals surface area contributed by atoms with Crippen LogP contribution in [0.2, 0.25) is 0 Å². The Morgan fingerprint density at radius 1 is 0.258 bits per heavy atom. The molecule has 2 nitrogen and oxygen atoms in total. The first-order valence-electron chi connectivity index (χ1n) is 21.2. The Morgan fingerprint density at radius 2 is 0.677 bits per heavy atom. The van der Waals surface area contributed by atoms with Crippen LogP contribution >= 0.6 is 0 Å². The summed E-state index contributed by atoms with van der Waals surface area (Å²) < 4.78 is 6.25. The first-order valence-corrected chi connectivity index (χ1v) is 21.2. The molecule has 0 radical (unpaired) electrons. The number of furan rings is 1. The van der Waals surface area contributed by atoms with Crippen LogP contribution in [-0.2, 0) is 0 Å². The molecule has 0 aliphatic heterocycles. The molecule has 0 atom stereocenters. The van der Waals surface area contributed by atoms with Gasteiger partial charge in [0.25, 0.3) is 0 Å². The average Bonchev–Trinajstić information content (AvgIpc) is 3.74. The highest BCUT2D eigenvalue weighted by molar-refractivity contribution is 6.12. The maximum Gasteiger partial charge on any atom is 0.136 e. The molecule has 11 aromatic carbocycles. The molecular formula is C60H39NO. The molecule has 0 spiro atoms. The van der Waals surface area contributed by atoms with Crippen LogP contribution < -0.4 is 4.90 Å². The molecule has 0 saturated heterocycles. The van der Waals surface area contributed by atoms with E-state index in [1.807, 2.05) is 12.1 Å². The summed E-state index contributed by atoms with van der Waals surface area (Å²) >= 11 is 0. The zero-order valence-electron chi connectivity index (χ0n) is 33.9. The van der Waals surface area contributed by atoms with E-state index in [0.717, 1.165) is 50.1 Å². The van der Waals surface area contributed by atoms with E-state index < -0.39 is 0 Å². The maximum absolute atomic E-state index is 6.25. The van der Waals surface area contributed by atoms with Gasteiger partial charge in [-0.05, 0) is 131 Å². The lowest BCUT2D eigenvalue weighted by Crippen LogP contribution is -2.09. The normalized spacial score (nSPS) is 11.5. The molecular weight excluding hydrogens is 751 g/mol. The molecule has 0 N–H and O–H groups in total. The second-order valence-corrected chi connectivity index (χ2v) is 16.1. The fourth-order valence-corrected chi connectivity index (χ4v) is 9.36. The van der Waals surface area contributed by atoms with Crippen molar-refractivity contribution in [3.8, 4) is 44.5 Å². The Bertz CT molecular complexity index is 3590. The molecule has 0 fully saturated rings. The van der Waals surface area contributed by atoms with E-state index in [0.29, 0.717) is 0 Å². The van der Waals surface area contributed by atoms with Gasteiger partial charge in [0.05, 0.1) is 0 Å². The van der Waals surface area contributed by atoms with Crippen molar-refractivity contribution in [2.24, 2.45) is 0 Å². The number of hydrogen-bond acceptors (Lipinski definition) is 2. The Kier molecular flexibility index (Phi) is 8.53. The van der Waals surface area contributed by atoms with Crippen molar-refractivity contribution in [2.45, 2.75) is 0 Å². The van der Waals surface area contributed by atoms with Crippen LogP contribution in [0.15, 0.2) is 241 Å². The van der Waals surface area contributed by atoms with Crippen molar-refractivity contribution in [1.29, 1.82) is 0 Å². The van der Waals surface area contributed by atoms with Gasteiger partial charge in [0, 0.05) is 27.8 Å². The lowest BCUT2D eigenvalue weighted by molar-refractivity contribution is 0.669. The number of para-hydroxylation sites is 1. The van der Waals surface area contributed by atoms with Crippen molar-refractivity contribution in [2.75, 3.05) is 4.90 Å². The molecule has 1 heterocycles. The summed E-state index contributed by atoms with van der Waals surface area (Å²) in [6.07, 6.45) is 0. The van der Waals surface area contributed by atoms with E-state index in [4.69, 9.17) is 4.42 Å². The maximum atomic E-state index is 6.25. The molecule has 0 bridgehead atoms. The highest BCUT2D eigenvalue weighted by Crippen LogP contribution is 2.41. The topological polar surface area (TPSA) is 16.4 Å². The first kappa shape index (κ1) is 35.7. The minimum Gasteiger partial charge on any atom is -0.456 e. The first-order chi connectivity index (χ1) is 30.7. The number of anilines is 3. The quantitative estimate of drug-likeness (QED) is 0.150. The number of nitrogens with zero attached hydrogens (tertiary/aromatic N) is 1. The van der Waals surface area contributed by atoms with Crippen molar-refractivity contribution >= 4 is 71.3 Å². The molecule has 12 rings (SSSR count). The van der Waals surface area contributed by atoms with Crippen LogP contribution in [0.4, 0.5) is 17.1 Å². The third kappa shape index (κ3) is 6.20. The van der Waals surface area contributed by atoms with Crippen LogP contribution in [0.5, 0.6) is 0 Å². The van der Waals surface area contributed by atoms with Gasteiger partial charge in [-0.25, -0.2) is 0 Å². The molecule has 290 valence electrons. The zero-order chi connectivity index (χ0) is 41.0. The fourth-order valence-electron chi connectivity index (χ4n) is 9.36. The summed E-state index contributed by atoms with van der Waals surface area (Å²) in [5.41, 5.74) is 14.6. The lowest BCUT2D eigenvalue weighted by Gasteiger charge is -2.26. The summed E-state index contributed by atoms with van der Waals surface area (Å²) in [5.74, 6) is 0. The Morgan fingerprint density at radius 3 is 1.37 bits per heavy atom. The number of hydrogen-bond donors (Lipinski definition) is 0. The van der Waals surface area contributed by atoms with E-state index >= 15 is 0 Å². The van der Waals surface area contributed by atoms with Gasteiger partial charge in [-0.15, -0.1) is 0 Å². The van der Waals surface area contributed by atoms with Crippen LogP contribution in [0.3, 0.4) is 0 Å². The largest absolute Gasteiger partial charge is 0.456 e. The van der Waals surface area contributed by atoms with Gasteiger partial charge < -0.3 is 9.32 Å². The van der Waals surface area contributed by atoms with Gasteiger partial charge in [0.1, 0.15) is 11.2 Å².